The van der Waals surface area contributed by atoms with Crippen molar-refractivity contribution in [2.24, 2.45) is 0 Å². The minimum Gasteiger partial charge on any atom is -0.0990 e. The molecule has 0 nitrogen and oxygen atoms in total. The zero-order valence-electron chi connectivity index (χ0n) is 9.74. The summed E-state index contributed by atoms with van der Waals surface area (Å²) < 4.78 is 0. The summed E-state index contributed by atoms with van der Waals surface area (Å²) in [6.07, 6.45) is 17.0. The van der Waals surface area contributed by atoms with Gasteiger partial charge in [-0.3, -0.25) is 0 Å². The van der Waals surface area contributed by atoms with E-state index in [-0.39, 0.29) is 0 Å². The molecule has 0 saturated heterocycles. The zero-order chi connectivity index (χ0) is 11.5. The van der Waals surface area contributed by atoms with Gasteiger partial charge in [-0.25, -0.2) is 0 Å². The van der Waals surface area contributed by atoms with Gasteiger partial charge in [0.05, 0.1) is 0 Å². The van der Waals surface area contributed by atoms with E-state index in [0.717, 1.165) is 17.6 Å². The number of hydrogen-bond acceptors (Lipinski definition) is 0. The number of hydrogen-bond donors (Lipinski definition) is 0. The Bertz CT molecular complexity index is 309. The van der Waals surface area contributed by atoms with Gasteiger partial charge in [0.15, 0.2) is 0 Å². The van der Waals surface area contributed by atoms with Crippen LogP contribution in [0.15, 0.2) is 72.9 Å². The molecular formula is C15H20. The fourth-order valence-electron chi connectivity index (χ4n) is 1.10. The second kappa shape index (κ2) is 9.01. The Kier molecular flexibility index (Phi) is 8.08. The summed E-state index contributed by atoms with van der Waals surface area (Å²) in [5.74, 6) is 0. The van der Waals surface area contributed by atoms with Crippen molar-refractivity contribution in [1.82, 2.24) is 0 Å². The van der Waals surface area contributed by atoms with E-state index in [4.69, 9.17) is 0 Å². The van der Waals surface area contributed by atoms with Gasteiger partial charge < -0.3 is 0 Å². The quantitative estimate of drug-likeness (QED) is 0.428. The monoisotopic (exact) mass is 200 g/mol. The zero-order valence-corrected chi connectivity index (χ0v) is 9.74. The molecule has 15 heavy (non-hydrogen) atoms. The fraction of sp³-hybridized carbons (Fsp3) is 0.200. The van der Waals surface area contributed by atoms with Gasteiger partial charge >= 0.3 is 0 Å². The Hall–Kier alpha value is -1.56. The highest BCUT2D eigenvalue weighted by molar-refractivity contribution is 5.46. The van der Waals surface area contributed by atoms with Crippen LogP contribution in [-0.4, -0.2) is 0 Å². The van der Waals surface area contributed by atoms with Crippen LogP contribution in [0.5, 0.6) is 0 Å². The van der Waals surface area contributed by atoms with Crippen molar-refractivity contribution >= 4 is 0 Å². The van der Waals surface area contributed by atoms with Crippen LogP contribution in [0.1, 0.15) is 20.3 Å². The maximum atomic E-state index is 4.01. The standard InChI is InChI=1S/C15H20/c1-5-8-9-10-13-14(4)15(11-6-2)12-7-3/h5-8,10-13H,2,4,9H2,1,3H3/b8-5-,12-7-,13-10-,15-11+. The van der Waals surface area contributed by atoms with E-state index in [1.165, 1.54) is 0 Å². The molecule has 0 heteroatoms. The van der Waals surface area contributed by atoms with Crippen LogP contribution >= 0.6 is 0 Å². The lowest BCUT2D eigenvalue weighted by molar-refractivity contribution is 1.36. The molecule has 0 aliphatic heterocycles. The molecule has 0 saturated carbocycles. The third-order valence-corrected chi connectivity index (χ3v) is 1.84. The van der Waals surface area contributed by atoms with Gasteiger partial charge in [-0.1, -0.05) is 61.8 Å². The molecule has 0 atom stereocenters. The van der Waals surface area contributed by atoms with Crippen molar-refractivity contribution in [3.63, 3.8) is 0 Å². The maximum absolute atomic E-state index is 4.01. The van der Waals surface area contributed by atoms with Crippen molar-refractivity contribution in [2.75, 3.05) is 0 Å². The van der Waals surface area contributed by atoms with E-state index < -0.39 is 0 Å². The molecule has 0 radical (unpaired) electrons. The lowest BCUT2D eigenvalue weighted by Crippen LogP contribution is -1.79. The average Bonchev–Trinajstić information content (AvgIpc) is 2.24. The highest BCUT2D eigenvalue weighted by atomic mass is 14.0. The summed E-state index contributed by atoms with van der Waals surface area (Å²) in [4.78, 5) is 0. The van der Waals surface area contributed by atoms with Crippen molar-refractivity contribution < 1.29 is 0 Å². The summed E-state index contributed by atoms with van der Waals surface area (Å²) in [7, 11) is 0. The number of allylic oxidation sites excluding steroid dienone is 10. The molecule has 0 unspecified atom stereocenters. The molecule has 0 rings (SSSR count). The maximum Gasteiger partial charge on any atom is -0.0166 e. The number of rotatable bonds is 6. The molecular weight excluding hydrogens is 180 g/mol. The minimum absolute atomic E-state index is 0.951. The molecule has 0 fully saturated rings. The molecule has 0 heterocycles. The molecule has 0 aliphatic carbocycles. The second-order valence-corrected chi connectivity index (χ2v) is 3.09. The van der Waals surface area contributed by atoms with Crippen LogP contribution in [0, 0.1) is 0 Å². The van der Waals surface area contributed by atoms with Crippen LogP contribution in [0.2, 0.25) is 0 Å². The first kappa shape index (κ1) is 13.4. The minimum atomic E-state index is 0.951. The Morgan fingerprint density at radius 1 is 1.07 bits per heavy atom. The van der Waals surface area contributed by atoms with Crippen LogP contribution < -0.4 is 0 Å². The van der Waals surface area contributed by atoms with Crippen LogP contribution in [0.25, 0.3) is 0 Å². The highest BCUT2D eigenvalue weighted by Gasteiger charge is 1.92. The summed E-state index contributed by atoms with van der Waals surface area (Å²) in [6, 6.07) is 0. The smallest absolute Gasteiger partial charge is 0.0166 e. The van der Waals surface area contributed by atoms with Gasteiger partial charge in [0.25, 0.3) is 0 Å². The van der Waals surface area contributed by atoms with E-state index in [1.54, 1.807) is 6.08 Å². The van der Waals surface area contributed by atoms with Crippen molar-refractivity contribution in [1.29, 1.82) is 0 Å². The summed E-state index contributed by atoms with van der Waals surface area (Å²) in [5.41, 5.74) is 2.11. The lowest BCUT2D eigenvalue weighted by atomic mass is 10.1. The molecule has 0 aromatic rings. The first-order chi connectivity index (χ1) is 7.26. The van der Waals surface area contributed by atoms with E-state index in [9.17, 15) is 0 Å². The Labute approximate surface area is 93.7 Å². The van der Waals surface area contributed by atoms with E-state index in [0.29, 0.717) is 0 Å². The first-order valence-corrected chi connectivity index (χ1v) is 5.18. The van der Waals surface area contributed by atoms with Crippen molar-refractivity contribution in [3.8, 4) is 0 Å². The molecule has 0 aromatic carbocycles. The van der Waals surface area contributed by atoms with Crippen LogP contribution in [0.3, 0.4) is 0 Å². The summed E-state index contributed by atoms with van der Waals surface area (Å²) in [6.45, 7) is 11.7. The predicted octanol–water partition coefficient (Wildman–Crippen LogP) is 4.75. The molecule has 0 amide bonds. The lowest BCUT2D eigenvalue weighted by Gasteiger charge is -1.99. The van der Waals surface area contributed by atoms with Gasteiger partial charge in [0.1, 0.15) is 0 Å². The van der Waals surface area contributed by atoms with Gasteiger partial charge in [-0.05, 0) is 31.4 Å². The van der Waals surface area contributed by atoms with E-state index in [1.807, 2.05) is 44.2 Å². The largest absolute Gasteiger partial charge is 0.0990 e. The van der Waals surface area contributed by atoms with Gasteiger partial charge in [-0.15, -0.1) is 0 Å². The van der Waals surface area contributed by atoms with E-state index in [2.05, 4.69) is 25.3 Å². The fourth-order valence-corrected chi connectivity index (χ4v) is 1.10. The summed E-state index contributed by atoms with van der Waals surface area (Å²) >= 11 is 0. The molecule has 0 aliphatic rings. The molecule has 0 N–H and O–H groups in total. The Balaban J connectivity index is 4.45. The topological polar surface area (TPSA) is 0 Å². The molecule has 0 spiro atoms. The molecule has 80 valence electrons. The van der Waals surface area contributed by atoms with Crippen LogP contribution in [-0.2, 0) is 0 Å². The van der Waals surface area contributed by atoms with Crippen LogP contribution in [0.4, 0.5) is 0 Å². The third-order valence-electron chi connectivity index (χ3n) is 1.84. The molecule has 0 aromatic heterocycles. The summed E-state index contributed by atoms with van der Waals surface area (Å²) in [5, 5.41) is 0. The van der Waals surface area contributed by atoms with E-state index >= 15 is 0 Å². The van der Waals surface area contributed by atoms with Gasteiger partial charge in [-0.2, -0.15) is 0 Å². The molecule has 0 bridgehead atoms. The average molecular weight is 200 g/mol. The Morgan fingerprint density at radius 3 is 2.33 bits per heavy atom. The normalized spacial score (nSPS) is 13.1. The van der Waals surface area contributed by atoms with Crippen molar-refractivity contribution in [2.45, 2.75) is 20.3 Å². The predicted molar refractivity (Wildman–Crippen MR) is 70.8 cm³/mol. The highest BCUT2D eigenvalue weighted by Crippen LogP contribution is 2.11. The Morgan fingerprint density at radius 2 is 1.80 bits per heavy atom. The SMILES string of the molecule is C=C/C=C(\C=C/C)C(=C)/C=C\C/C=C\C. The third kappa shape index (κ3) is 6.50. The first-order valence-electron chi connectivity index (χ1n) is 5.18. The van der Waals surface area contributed by atoms with Crippen molar-refractivity contribution in [3.05, 3.63) is 72.9 Å². The van der Waals surface area contributed by atoms with Gasteiger partial charge in [0, 0.05) is 0 Å². The van der Waals surface area contributed by atoms with Gasteiger partial charge in [0.2, 0.25) is 0 Å². The second-order valence-electron chi connectivity index (χ2n) is 3.09.